The lowest BCUT2D eigenvalue weighted by atomic mass is 10.0. The second-order valence-corrected chi connectivity index (χ2v) is 8.96. The number of aromatic nitrogens is 3. The van der Waals surface area contributed by atoms with E-state index in [-0.39, 0.29) is 17.5 Å². The molecule has 4 rings (SSSR count). The van der Waals surface area contributed by atoms with Crippen molar-refractivity contribution in [1.82, 2.24) is 19.7 Å². The van der Waals surface area contributed by atoms with Crippen LogP contribution in [0.3, 0.4) is 0 Å². The molecule has 2 aliphatic rings. The van der Waals surface area contributed by atoms with Gasteiger partial charge in [0.05, 0.1) is 11.6 Å². The number of hydrogen-bond donors (Lipinski definition) is 0. The minimum absolute atomic E-state index is 0.0728. The van der Waals surface area contributed by atoms with E-state index < -0.39 is 0 Å². The molecule has 5 nitrogen and oxygen atoms in total. The quantitative estimate of drug-likeness (QED) is 0.793. The average Bonchev–Trinajstić information content (AvgIpc) is 3.43. The van der Waals surface area contributed by atoms with E-state index in [0.717, 1.165) is 25.8 Å². The monoisotopic (exact) mass is 366 g/mol. The van der Waals surface area contributed by atoms with Crippen molar-refractivity contribution in [2.45, 2.75) is 76.8 Å². The molecule has 1 atom stereocenters. The van der Waals surface area contributed by atoms with Gasteiger partial charge in [0.1, 0.15) is 0 Å². The number of amides is 1. The zero-order valence-electron chi connectivity index (χ0n) is 16.7. The van der Waals surface area contributed by atoms with Crippen molar-refractivity contribution in [2.75, 3.05) is 6.54 Å². The summed E-state index contributed by atoms with van der Waals surface area (Å²) in [4.78, 5) is 19.7. The number of likely N-dealkylation sites (tertiary alicyclic amines) is 1. The van der Waals surface area contributed by atoms with E-state index in [1.165, 1.54) is 30.5 Å². The Morgan fingerprint density at radius 2 is 1.81 bits per heavy atom. The van der Waals surface area contributed by atoms with Gasteiger partial charge in [-0.2, -0.15) is 5.10 Å². The lowest BCUT2D eigenvalue weighted by Gasteiger charge is -2.30. The molecule has 2 aromatic rings. The van der Waals surface area contributed by atoms with Crippen LogP contribution in [0.4, 0.5) is 0 Å². The minimum Gasteiger partial charge on any atom is -0.330 e. The van der Waals surface area contributed by atoms with Gasteiger partial charge in [-0.05, 0) is 70.2 Å². The molecule has 0 spiro atoms. The third kappa shape index (κ3) is 3.78. The summed E-state index contributed by atoms with van der Waals surface area (Å²) in [7, 11) is 0. The van der Waals surface area contributed by atoms with Crippen LogP contribution in [0.15, 0.2) is 30.6 Å². The molecule has 2 fully saturated rings. The van der Waals surface area contributed by atoms with Gasteiger partial charge in [0.25, 0.3) is 5.91 Å². The van der Waals surface area contributed by atoms with Gasteiger partial charge in [-0.15, -0.1) is 0 Å². The summed E-state index contributed by atoms with van der Waals surface area (Å²) in [5, 5.41) is 4.79. The van der Waals surface area contributed by atoms with Crippen molar-refractivity contribution < 1.29 is 4.79 Å². The largest absolute Gasteiger partial charge is 0.330 e. The number of pyridine rings is 1. The van der Waals surface area contributed by atoms with Crippen LogP contribution >= 0.6 is 0 Å². The summed E-state index contributed by atoms with van der Waals surface area (Å²) < 4.78 is 2.08. The highest BCUT2D eigenvalue weighted by Gasteiger charge is 2.35. The van der Waals surface area contributed by atoms with Gasteiger partial charge in [0, 0.05) is 30.6 Å². The van der Waals surface area contributed by atoms with Crippen molar-refractivity contribution >= 4 is 5.91 Å². The number of hydrogen-bond acceptors (Lipinski definition) is 3. The molecular weight excluding hydrogens is 336 g/mol. The molecule has 1 amide bonds. The van der Waals surface area contributed by atoms with Crippen molar-refractivity contribution in [3.05, 3.63) is 47.5 Å². The first-order chi connectivity index (χ1) is 12.9. The van der Waals surface area contributed by atoms with Gasteiger partial charge < -0.3 is 4.90 Å². The summed E-state index contributed by atoms with van der Waals surface area (Å²) in [5.41, 5.74) is 2.89. The molecule has 1 saturated carbocycles. The second kappa shape index (κ2) is 7.10. The topological polar surface area (TPSA) is 51.0 Å². The zero-order valence-corrected chi connectivity index (χ0v) is 16.7. The fourth-order valence-electron chi connectivity index (χ4n) is 4.14. The molecule has 0 N–H and O–H groups in total. The van der Waals surface area contributed by atoms with Gasteiger partial charge in [0.2, 0.25) is 0 Å². The van der Waals surface area contributed by atoms with Gasteiger partial charge in [0.15, 0.2) is 5.69 Å². The normalized spacial score (nSPS) is 21.1. The zero-order chi connectivity index (χ0) is 19.0. The molecule has 144 valence electrons. The number of nitrogens with zero attached hydrogens (tertiary/aromatic N) is 4. The van der Waals surface area contributed by atoms with Crippen molar-refractivity contribution in [2.24, 2.45) is 0 Å². The van der Waals surface area contributed by atoms with Crippen molar-refractivity contribution in [1.29, 1.82) is 0 Å². The third-order valence-electron chi connectivity index (χ3n) is 5.69. The van der Waals surface area contributed by atoms with E-state index in [9.17, 15) is 4.79 Å². The standard InChI is InChI=1S/C22H30N4O/c1-22(2,3)26-20(16-8-9-16)15-18(24-26)21(27)25-14-6-4-5-7-19(25)17-10-12-23-13-11-17/h10-13,15-16,19H,4-9,14H2,1-3H3/t19-/m0/s1. The minimum atomic E-state index is -0.111. The fourth-order valence-corrected chi connectivity index (χ4v) is 4.14. The van der Waals surface area contributed by atoms with Crippen molar-refractivity contribution in [3.8, 4) is 0 Å². The molecule has 0 unspecified atom stereocenters. The van der Waals surface area contributed by atoms with Crippen LogP contribution in [0.2, 0.25) is 0 Å². The third-order valence-corrected chi connectivity index (χ3v) is 5.69. The van der Waals surface area contributed by atoms with Crippen LogP contribution in [0.1, 0.15) is 93.0 Å². The highest BCUT2D eigenvalue weighted by atomic mass is 16.2. The maximum absolute atomic E-state index is 13.5. The smallest absolute Gasteiger partial charge is 0.274 e. The van der Waals surface area contributed by atoms with Crippen LogP contribution in [-0.2, 0) is 5.54 Å². The SMILES string of the molecule is CC(C)(C)n1nc(C(=O)N2CCCCC[C@H]2c2ccncc2)cc1C1CC1. The summed E-state index contributed by atoms with van der Waals surface area (Å²) in [6.07, 6.45) is 10.5. The van der Waals surface area contributed by atoms with E-state index in [2.05, 4.69) is 36.5 Å². The highest BCUT2D eigenvalue weighted by Crippen LogP contribution is 2.42. The molecule has 2 aromatic heterocycles. The Morgan fingerprint density at radius 1 is 1.07 bits per heavy atom. The summed E-state index contributed by atoms with van der Waals surface area (Å²) in [5.74, 6) is 0.641. The van der Waals surface area contributed by atoms with Crippen LogP contribution in [0, 0.1) is 0 Å². The molecule has 1 saturated heterocycles. The molecule has 27 heavy (non-hydrogen) atoms. The molecule has 3 heterocycles. The fraction of sp³-hybridized carbons (Fsp3) is 0.591. The predicted molar refractivity (Wildman–Crippen MR) is 106 cm³/mol. The van der Waals surface area contributed by atoms with Gasteiger partial charge in [-0.3, -0.25) is 14.5 Å². The van der Waals surface area contributed by atoms with Crippen LogP contribution in [0.5, 0.6) is 0 Å². The first kappa shape index (κ1) is 18.2. The Balaban J connectivity index is 1.67. The molecule has 0 aromatic carbocycles. The molecule has 0 bridgehead atoms. The van der Waals surface area contributed by atoms with Crippen LogP contribution in [-0.4, -0.2) is 32.1 Å². The Morgan fingerprint density at radius 3 is 2.48 bits per heavy atom. The Kier molecular flexibility index (Phi) is 4.79. The predicted octanol–water partition coefficient (Wildman–Crippen LogP) is 4.67. The van der Waals surface area contributed by atoms with Crippen LogP contribution in [0.25, 0.3) is 0 Å². The second-order valence-electron chi connectivity index (χ2n) is 8.96. The number of carbonyl (C=O) groups excluding carboxylic acids is 1. The summed E-state index contributed by atoms with van der Waals surface area (Å²) in [6.45, 7) is 7.27. The first-order valence-electron chi connectivity index (χ1n) is 10.3. The van der Waals surface area contributed by atoms with E-state index in [0.29, 0.717) is 11.6 Å². The molecular formula is C22H30N4O. The Bertz CT molecular complexity index is 801. The average molecular weight is 367 g/mol. The highest BCUT2D eigenvalue weighted by molar-refractivity contribution is 5.92. The summed E-state index contributed by atoms with van der Waals surface area (Å²) in [6, 6.07) is 6.26. The molecule has 1 aliphatic carbocycles. The molecule has 5 heteroatoms. The van der Waals surface area contributed by atoms with E-state index in [1.807, 2.05) is 29.4 Å². The lowest BCUT2D eigenvalue weighted by Crippen LogP contribution is -2.35. The van der Waals surface area contributed by atoms with Gasteiger partial charge in [-0.25, -0.2) is 0 Å². The van der Waals surface area contributed by atoms with Gasteiger partial charge in [-0.1, -0.05) is 12.8 Å². The number of rotatable bonds is 3. The van der Waals surface area contributed by atoms with E-state index in [1.54, 1.807) is 0 Å². The number of carbonyl (C=O) groups is 1. The Hall–Kier alpha value is -2.17. The van der Waals surface area contributed by atoms with Crippen LogP contribution < -0.4 is 0 Å². The van der Waals surface area contributed by atoms with E-state index in [4.69, 9.17) is 5.10 Å². The van der Waals surface area contributed by atoms with Gasteiger partial charge >= 0.3 is 0 Å². The molecule has 0 radical (unpaired) electrons. The maximum Gasteiger partial charge on any atom is 0.274 e. The lowest BCUT2D eigenvalue weighted by molar-refractivity contribution is 0.0673. The molecule has 1 aliphatic heterocycles. The summed E-state index contributed by atoms with van der Waals surface area (Å²) >= 11 is 0. The maximum atomic E-state index is 13.5. The van der Waals surface area contributed by atoms with Crippen molar-refractivity contribution in [3.63, 3.8) is 0 Å². The Labute approximate surface area is 161 Å². The first-order valence-corrected chi connectivity index (χ1v) is 10.3. The van der Waals surface area contributed by atoms with E-state index >= 15 is 0 Å².